The van der Waals surface area contributed by atoms with Crippen LogP contribution >= 0.6 is 0 Å². The lowest BCUT2D eigenvalue weighted by atomic mass is 9.96. The smallest absolute Gasteiger partial charge is 0.143 e. The van der Waals surface area contributed by atoms with Crippen LogP contribution in [0.25, 0.3) is 44.2 Å². The minimum atomic E-state index is 0.928. The molecule has 0 aliphatic rings. The summed E-state index contributed by atoms with van der Waals surface area (Å²) in [6.45, 7) is 2.13. The molecule has 3 aromatic carbocycles. The number of benzene rings is 3. The van der Waals surface area contributed by atoms with Crippen LogP contribution in [0.5, 0.6) is 0 Å². The van der Waals surface area contributed by atoms with Gasteiger partial charge in [-0.15, -0.1) is 0 Å². The van der Waals surface area contributed by atoms with Crippen LogP contribution in [-0.4, -0.2) is 4.98 Å². The van der Waals surface area contributed by atoms with Crippen molar-refractivity contribution in [2.24, 2.45) is 0 Å². The van der Waals surface area contributed by atoms with Crippen molar-refractivity contribution in [3.05, 3.63) is 90.8 Å². The second-order valence-corrected chi connectivity index (χ2v) is 6.60. The van der Waals surface area contributed by atoms with Gasteiger partial charge in [-0.05, 0) is 53.4 Å². The van der Waals surface area contributed by atoms with Crippen molar-refractivity contribution in [3.63, 3.8) is 0 Å². The maximum atomic E-state index is 6.21. The predicted octanol–water partition coefficient (Wildman–Crippen LogP) is 6.62. The predicted molar refractivity (Wildman–Crippen MR) is 107 cm³/mol. The Labute approximate surface area is 151 Å². The summed E-state index contributed by atoms with van der Waals surface area (Å²) < 4.78 is 6.21. The number of rotatable bonds is 2. The number of aromatic nitrogens is 1. The summed E-state index contributed by atoms with van der Waals surface area (Å²) in [4.78, 5) is 4.12. The zero-order valence-corrected chi connectivity index (χ0v) is 14.4. The third kappa shape index (κ3) is 2.39. The number of aryl methyl sites for hydroxylation is 1. The molecular formula is C24H17NO. The fourth-order valence-corrected chi connectivity index (χ4v) is 3.62. The molecule has 5 rings (SSSR count). The van der Waals surface area contributed by atoms with Gasteiger partial charge in [-0.2, -0.15) is 0 Å². The summed E-state index contributed by atoms with van der Waals surface area (Å²) >= 11 is 0. The highest BCUT2D eigenvalue weighted by Crippen LogP contribution is 2.37. The molecule has 5 aromatic rings. The van der Waals surface area contributed by atoms with Gasteiger partial charge in [0.15, 0.2) is 0 Å². The third-order valence-corrected chi connectivity index (χ3v) is 4.81. The molecule has 0 saturated carbocycles. The van der Waals surface area contributed by atoms with E-state index in [9.17, 15) is 0 Å². The topological polar surface area (TPSA) is 26.0 Å². The van der Waals surface area contributed by atoms with E-state index in [4.69, 9.17) is 4.42 Å². The second-order valence-electron chi connectivity index (χ2n) is 6.60. The zero-order valence-electron chi connectivity index (χ0n) is 14.4. The molecule has 0 aliphatic carbocycles. The van der Waals surface area contributed by atoms with Crippen molar-refractivity contribution >= 4 is 21.9 Å². The second kappa shape index (κ2) is 5.85. The molecule has 0 aliphatic heterocycles. The van der Waals surface area contributed by atoms with Crippen molar-refractivity contribution in [3.8, 4) is 22.3 Å². The Bertz CT molecular complexity index is 1240. The maximum Gasteiger partial charge on any atom is 0.143 e. The molecule has 124 valence electrons. The Balaban J connectivity index is 1.77. The molecule has 0 atom stereocenters. The van der Waals surface area contributed by atoms with Gasteiger partial charge < -0.3 is 4.42 Å². The Morgan fingerprint density at radius 3 is 2.35 bits per heavy atom. The first-order valence-electron chi connectivity index (χ1n) is 8.72. The highest BCUT2D eigenvalue weighted by atomic mass is 16.3. The van der Waals surface area contributed by atoms with Gasteiger partial charge in [-0.25, -0.2) is 0 Å². The Morgan fingerprint density at radius 1 is 0.692 bits per heavy atom. The van der Waals surface area contributed by atoms with E-state index in [0.717, 1.165) is 27.5 Å². The molecular weight excluding hydrogens is 318 g/mol. The van der Waals surface area contributed by atoms with E-state index in [1.807, 2.05) is 36.7 Å². The van der Waals surface area contributed by atoms with Gasteiger partial charge in [0.25, 0.3) is 0 Å². The molecule has 0 amide bonds. The monoisotopic (exact) mass is 335 g/mol. The molecule has 0 N–H and O–H groups in total. The molecule has 0 fully saturated rings. The van der Waals surface area contributed by atoms with Crippen molar-refractivity contribution < 1.29 is 4.42 Å². The van der Waals surface area contributed by atoms with E-state index in [0.29, 0.717) is 0 Å². The van der Waals surface area contributed by atoms with Crippen LogP contribution in [0, 0.1) is 6.92 Å². The molecule has 0 saturated heterocycles. The number of fused-ring (bicyclic) bond motifs is 3. The summed E-state index contributed by atoms with van der Waals surface area (Å²) in [5.41, 5.74) is 7.75. The Hall–Kier alpha value is -3.39. The average molecular weight is 335 g/mol. The van der Waals surface area contributed by atoms with Gasteiger partial charge in [-0.1, -0.05) is 48.5 Å². The van der Waals surface area contributed by atoms with Crippen molar-refractivity contribution in [2.45, 2.75) is 6.92 Å². The van der Waals surface area contributed by atoms with Gasteiger partial charge in [0.05, 0.1) is 0 Å². The fraction of sp³-hybridized carbons (Fsp3) is 0.0417. The van der Waals surface area contributed by atoms with E-state index in [-0.39, 0.29) is 0 Å². The number of nitrogens with zero attached hydrogens (tertiary/aromatic N) is 1. The minimum absolute atomic E-state index is 0.928. The van der Waals surface area contributed by atoms with Gasteiger partial charge in [0, 0.05) is 28.7 Å². The molecule has 26 heavy (non-hydrogen) atoms. The van der Waals surface area contributed by atoms with Crippen LogP contribution in [0.4, 0.5) is 0 Å². The van der Waals surface area contributed by atoms with Crippen molar-refractivity contribution in [1.82, 2.24) is 4.98 Å². The quantitative estimate of drug-likeness (QED) is 0.362. The number of hydrogen-bond acceptors (Lipinski definition) is 2. The van der Waals surface area contributed by atoms with Crippen molar-refractivity contribution in [2.75, 3.05) is 0 Å². The lowest BCUT2D eigenvalue weighted by molar-refractivity contribution is 0.670. The van der Waals surface area contributed by atoms with Gasteiger partial charge >= 0.3 is 0 Å². The van der Waals surface area contributed by atoms with Gasteiger partial charge in [-0.3, -0.25) is 4.98 Å². The lowest BCUT2D eigenvalue weighted by Gasteiger charge is -2.09. The molecule has 2 heterocycles. The molecule has 2 aromatic heterocycles. The largest absolute Gasteiger partial charge is 0.455 e. The average Bonchev–Trinajstić information content (AvgIpc) is 3.07. The van der Waals surface area contributed by atoms with E-state index < -0.39 is 0 Å². The van der Waals surface area contributed by atoms with Crippen LogP contribution in [0.3, 0.4) is 0 Å². The fourth-order valence-electron chi connectivity index (χ4n) is 3.62. The highest BCUT2D eigenvalue weighted by Gasteiger charge is 2.12. The van der Waals surface area contributed by atoms with Crippen LogP contribution < -0.4 is 0 Å². The summed E-state index contributed by atoms with van der Waals surface area (Å²) in [6, 6.07) is 25.3. The van der Waals surface area contributed by atoms with Crippen molar-refractivity contribution in [1.29, 1.82) is 0 Å². The first kappa shape index (κ1) is 14.9. The summed E-state index contributed by atoms with van der Waals surface area (Å²) in [6.07, 6.45) is 3.66. The Kier molecular flexibility index (Phi) is 3.36. The molecule has 0 radical (unpaired) electrons. The number of furan rings is 1. The standard InChI is InChI=1S/C24H17NO/c1-16-13-18(17-9-11-25-12-10-17)15-19(14-16)20-6-4-7-22-21-5-2-3-8-23(21)26-24(20)22/h2-15H,1H3. The van der Waals surface area contributed by atoms with Crippen LogP contribution in [0.2, 0.25) is 0 Å². The number of para-hydroxylation sites is 2. The van der Waals surface area contributed by atoms with Crippen LogP contribution in [-0.2, 0) is 0 Å². The lowest BCUT2D eigenvalue weighted by Crippen LogP contribution is -1.85. The summed E-state index contributed by atoms with van der Waals surface area (Å²) in [5, 5.41) is 2.32. The first-order chi connectivity index (χ1) is 12.8. The molecule has 0 unspecified atom stereocenters. The minimum Gasteiger partial charge on any atom is -0.455 e. The summed E-state index contributed by atoms with van der Waals surface area (Å²) in [5.74, 6) is 0. The first-order valence-corrected chi connectivity index (χ1v) is 8.72. The van der Waals surface area contributed by atoms with Crippen LogP contribution in [0.15, 0.2) is 89.6 Å². The third-order valence-electron chi connectivity index (χ3n) is 4.81. The van der Waals surface area contributed by atoms with E-state index in [2.05, 4.69) is 60.4 Å². The normalized spacial score (nSPS) is 11.3. The van der Waals surface area contributed by atoms with E-state index in [1.165, 1.54) is 22.3 Å². The SMILES string of the molecule is Cc1cc(-c2ccncc2)cc(-c2cccc3c2oc2ccccc23)c1. The van der Waals surface area contributed by atoms with Gasteiger partial charge in [0.2, 0.25) is 0 Å². The van der Waals surface area contributed by atoms with E-state index in [1.54, 1.807) is 0 Å². The Morgan fingerprint density at radius 2 is 1.46 bits per heavy atom. The van der Waals surface area contributed by atoms with Gasteiger partial charge in [0.1, 0.15) is 11.2 Å². The van der Waals surface area contributed by atoms with E-state index >= 15 is 0 Å². The zero-order chi connectivity index (χ0) is 17.5. The highest BCUT2D eigenvalue weighted by molar-refractivity contribution is 6.09. The molecule has 0 spiro atoms. The maximum absolute atomic E-state index is 6.21. The number of pyridine rings is 1. The van der Waals surface area contributed by atoms with Crippen LogP contribution in [0.1, 0.15) is 5.56 Å². The molecule has 0 bridgehead atoms. The molecule has 2 heteroatoms. The number of hydrogen-bond donors (Lipinski definition) is 0. The molecule has 2 nitrogen and oxygen atoms in total. The summed E-state index contributed by atoms with van der Waals surface area (Å²) in [7, 11) is 0.